The molecule has 1 aliphatic carbocycles. The van der Waals surface area contributed by atoms with Gasteiger partial charge in [0.1, 0.15) is 0 Å². The van der Waals surface area contributed by atoms with Crippen molar-refractivity contribution in [3.05, 3.63) is 94.9 Å². The van der Waals surface area contributed by atoms with Crippen LogP contribution in [-0.4, -0.2) is 26.9 Å². The van der Waals surface area contributed by atoms with Crippen LogP contribution < -0.4 is 0 Å². The van der Waals surface area contributed by atoms with E-state index < -0.39 is 0 Å². The Labute approximate surface area is 184 Å². The van der Waals surface area contributed by atoms with E-state index in [2.05, 4.69) is 16.3 Å². The minimum absolute atomic E-state index is 0.201. The fourth-order valence-corrected chi connectivity index (χ4v) is 4.87. The van der Waals surface area contributed by atoms with Crippen molar-refractivity contribution in [1.29, 1.82) is 0 Å². The van der Waals surface area contributed by atoms with Gasteiger partial charge in [-0.25, -0.2) is 0 Å². The number of nitrogens with zero attached hydrogens (tertiary/aromatic N) is 3. The highest BCUT2D eigenvalue weighted by molar-refractivity contribution is 6.21. The van der Waals surface area contributed by atoms with Crippen molar-refractivity contribution < 1.29 is 14.0 Å². The number of aromatic nitrogens is 2. The Morgan fingerprint density at radius 2 is 1.47 bits per heavy atom. The lowest BCUT2D eigenvalue weighted by molar-refractivity contribution is 0.0582. The van der Waals surface area contributed by atoms with Crippen molar-refractivity contribution in [2.24, 2.45) is 0 Å². The molecule has 1 atom stereocenters. The molecule has 2 aliphatic rings. The molecule has 0 N–H and O–H groups in total. The second-order valence-corrected chi connectivity index (χ2v) is 8.16. The normalized spacial score (nSPS) is 17.0. The van der Waals surface area contributed by atoms with Gasteiger partial charge in [0.05, 0.1) is 17.2 Å². The number of amides is 2. The van der Waals surface area contributed by atoms with Gasteiger partial charge in [0.25, 0.3) is 11.8 Å². The van der Waals surface area contributed by atoms with Gasteiger partial charge in [-0.2, -0.15) is 0 Å². The zero-order chi connectivity index (χ0) is 21.8. The summed E-state index contributed by atoms with van der Waals surface area (Å²) in [7, 11) is 0. The Morgan fingerprint density at radius 3 is 2.12 bits per heavy atom. The minimum atomic E-state index is -0.238. The maximum Gasteiger partial charge on any atom is 0.262 e. The number of hydrogen-bond donors (Lipinski definition) is 0. The van der Waals surface area contributed by atoms with Gasteiger partial charge in [-0.15, -0.1) is 10.2 Å². The number of fused-ring (bicyclic) bond motifs is 2. The van der Waals surface area contributed by atoms with Gasteiger partial charge in [-0.1, -0.05) is 42.5 Å². The van der Waals surface area contributed by atoms with Gasteiger partial charge in [-0.05, 0) is 59.4 Å². The van der Waals surface area contributed by atoms with Crippen molar-refractivity contribution in [2.45, 2.75) is 25.8 Å². The minimum Gasteiger partial charge on any atom is -0.421 e. The number of rotatable bonds is 3. The van der Waals surface area contributed by atoms with E-state index in [1.165, 1.54) is 10.5 Å². The summed E-state index contributed by atoms with van der Waals surface area (Å²) in [6.07, 6.45) is 1.55. The van der Waals surface area contributed by atoms with Crippen molar-refractivity contribution in [2.75, 3.05) is 0 Å². The smallest absolute Gasteiger partial charge is 0.262 e. The molecule has 0 spiro atoms. The monoisotopic (exact) mass is 421 g/mol. The van der Waals surface area contributed by atoms with Crippen LogP contribution in [0.2, 0.25) is 0 Å². The molecule has 1 aliphatic heterocycles. The molecule has 6 nitrogen and oxygen atoms in total. The van der Waals surface area contributed by atoms with E-state index in [0.717, 1.165) is 35.1 Å². The fourth-order valence-electron chi connectivity index (χ4n) is 4.87. The highest BCUT2D eigenvalue weighted by Gasteiger charge is 2.42. The maximum atomic E-state index is 13.0. The SMILES string of the molecule is Cc1nnc(-c2ccc(-c3cccc4c3CC[C@H]4N3C(=O)c4ccccc4C3=O)cc2)o1. The Bertz CT molecular complexity index is 1350. The molecule has 3 aromatic carbocycles. The highest BCUT2D eigenvalue weighted by Crippen LogP contribution is 2.43. The molecule has 0 radical (unpaired) electrons. The van der Waals surface area contributed by atoms with E-state index in [4.69, 9.17) is 4.42 Å². The van der Waals surface area contributed by atoms with Crippen LogP contribution in [0.1, 0.15) is 50.2 Å². The molecular weight excluding hydrogens is 402 g/mol. The molecule has 0 unspecified atom stereocenters. The predicted octanol–water partition coefficient (Wildman–Crippen LogP) is 5.00. The average Bonchev–Trinajstić information content (AvgIpc) is 3.51. The summed E-state index contributed by atoms with van der Waals surface area (Å²) in [6.45, 7) is 1.77. The Hall–Kier alpha value is -4.06. The van der Waals surface area contributed by atoms with Crippen LogP contribution >= 0.6 is 0 Å². The van der Waals surface area contributed by atoms with E-state index in [0.29, 0.717) is 22.9 Å². The lowest BCUT2D eigenvalue weighted by Gasteiger charge is -2.23. The molecule has 0 saturated heterocycles. The standard InChI is InChI=1S/C26H19N3O3/c1-15-27-28-24(32-15)17-11-9-16(10-12-17)18-7-4-8-20-19(18)13-14-23(20)29-25(30)21-5-2-3-6-22(21)26(29)31/h2-12,23H,13-14H2,1H3/t23-/m1/s1. The summed E-state index contributed by atoms with van der Waals surface area (Å²) < 4.78 is 5.52. The molecule has 6 rings (SSSR count). The molecule has 32 heavy (non-hydrogen) atoms. The zero-order valence-corrected chi connectivity index (χ0v) is 17.4. The number of carbonyl (C=O) groups is 2. The van der Waals surface area contributed by atoms with E-state index in [1.807, 2.05) is 36.4 Å². The largest absolute Gasteiger partial charge is 0.421 e. The summed E-state index contributed by atoms with van der Waals surface area (Å²) in [6, 6.07) is 21.0. The number of imide groups is 1. The maximum absolute atomic E-state index is 13.0. The van der Waals surface area contributed by atoms with Gasteiger partial charge in [0.2, 0.25) is 11.8 Å². The third-order valence-corrected chi connectivity index (χ3v) is 6.35. The van der Waals surface area contributed by atoms with Crippen molar-refractivity contribution in [1.82, 2.24) is 15.1 Å². The number of hydrogen-bond acceptors (Lipinski definition) is 5. The topological polar surface area (TPSA) is 76.3 Å². The van der Waals surface area contributed by atoms with Gasteiger partial charge >= 0.3 is 0 Å². The molecule has 6 heteroatoms. The summed E-state index contributed by atoms with van der Waals surface area (Å²) in [5.41, 5.74) is 6.29. The zero-order valence-electron chi connectivity index (χ0n) is 17.4. The lowest BCUT2D eigenvalue weighted by Crippen LogP contribution is -2.33. The summed E-state index contributed by atoms with van der Waals surface area (Å²) in [5.74, 6) is 0.628. The predicted molar refractivity (Wildman–Crippen MR) is 118 cm³/mol. The number of carbonyl (C=O) groups excluding carboxylic acids is 2. The van der Waals surface area contributed by atoms with E-state index in [-0.39, 0.29) is 17.9 Å². The summed E-state index contributed by atoms with van der Waals surface area (Å²) in [5, 5.41) is 7.96. The highest BCUT2D eigenvalue weighted by atomic mass is 16.4. The van der Waals surface area contributed by atoms with Crippen LogP contribution in [0, 0.1) is 6.92 Å². The van der Waals surface area contributed by atoms with Crippen LogP contribution in [-0.2, 0) is 6.42 Å². The molecule has 2 amide bonds. The van der Waals surface area contributed by atoms with Gasteiger partial charge in [0.15, 0.2) is 0 Å². The summed E-state index contributed by atoms with van der Waals surface area (Å²) in [4.78, 5) is 27.5. The van der Waals surface area contributed by atoms with E-state index in [9.17, 15) is 9.59 Å². The van der Waals surface area contributed by atoms with Crippen molar-refractivity contribution >= 4 is 11.8 Å². The molecular formula is C26H19N3O3. The van der Waals surface area contributed by atoms with E-state index in [1.54, 1.807) is 31.2 Å². The quantitative estimate of drug-likeness (QED) is 0.435. The third-order valence-electron chi connectivity index (χ3n) is 6.35. The van der Waals surface area contributed by atoms with Crippen LogP contribution in [0.25, 0.3) is 22.6 Å². The third kappa shape index (κ3) is 2.73. The average molecular weight is 421 g/mol. The van der Waals surface area contributed by atoms with Crippen molar-refractivity contribution in [3.63, 3.8) is 0 Å². The molecule has 0 saturated carbocycles. The van der Waals surface area contributed by atoms with Gasteiger partial charge in [0, 0.05) is 12.5 Å². The van der Waals surface area contributed by atoms with Crippen LogP contribution in [0.5, 0.6) is 0 Å². The fraction of sp³-hybridized carbons (Fsp3) is 0.154. The first-order valence-corrected chi connectivity index (χ1v) is 10.6. The number of aryl methyl sites for hydroxylation is 1. The second-order valence-electron chi connectivity index (χ2n) is 8.16. The molecule has 4 aromatic rings. The first-order chi connectivity index (χ1) is 15.6. The van der Waals surface area contributed by atoms with Crippen LogP contribution in [0.4, 0.5) is 0 Å². The lowest BCUT2D eigenvalue weighted by atomic mass is 9.95. The van der Waals surface area contributed by atoms with Crippen LogP contribution in [0.3, 0.4) is 0 Å². The van der Waals surface area contributed by atoms with E-state index >= 15 is 0 Å². The molecule has 156 valence electrons. The first kappa shape index (κ1) is 18.7. The van der Waals surface area contributed by atoms with Gasteiger partial charge in [-0.3, -0.25) is 14.5 Å². The Kier molecular flexibility index (Phi) is 4.08. The second kappa shape index (κ2) is 6.99. The number of benzene rings is 3. The molecule has 0 fully saturated rings. The van der Waals surface area contributed by atoms with Crippen molar-refractivity contribution in [3.8, 4) is 22.6 Å². The molecule has 0 bridgehead atoms. The molecule has 1 aromatic heterocycles. The Morgan fingerprint density at radius 1 is 0.812 bits per heavy atom. The van der Waals surface area contributed by atoms with Crippen LogP contribution in [0.15, 0.2) is 71.1 Å². The van der Waals surface area contributed by atoms with Gasteiger partial charge < -0.3 is 4.42 Å². The molecule has 2 heterocycles. The first-order valence-electron chi connectivity index (χ1n) is 10.6. The Balaban J connectivity index is 1.35. The summed E-state index contributed by atoms with van der Waals surface area (Å²) >= 11 is 0.